The summed E-state index contributed by atoms with van der Waals surface area (Å²) < 4.78 is 22.9. The number of sulfone groups is 1. The molecule has 0 amide bonds. The largest absolute Gasteiger partial charge is 0.394 e. The molecular formula is C11H17NO3S. The van der Waals surface area contributed by atoms with E-state index in [1.165, 1.54) is 0 Å². The van der Waals surface area contributed by atoms with Gasteiger partial charge < -0.3 is 10.8 Å². The van der Waals surface area contributed by atoms with Gasteiger partial charge in [-0.3, -0.25) is 0 Å². The fourth-order valence-corrected chi connectivity index (χ4v) is 2.28. The topological polar surface area (TPSA) is 80.4 Å². The van der Waals surface area contributed by atoms with E-state index < -0.39 is 15.9 Å². The smallest absolute Gasteiger partial charge is 0.175 e. The van der Waals surface area contributed by atoms with E-state index >= 15 is 0 Å². The fourth-order valence-electron chi connectivity index (χ4n) is 1.55. The first-order valence-electron chi connectivity index (χ1n) is 4.95. The molecule has 0 spiro atoms. The van der Waals surface area contributed by atoms with Crippen molar-refractivity contribution < 1.29 is 13.5 Å². The normalized spacial score (nSPS) is 13.8. The second kappa shape index (κ2) is 4.53. The minimum Gasteiger partial charge on any atom is -0.394 e. The molecule has 90 valence electrons. The molecule has 1 aromatic carbocycles. The average Bonchev–Trinajstić information content (AvgIpc) is 2.19. The van der Waals surface area contributed by atoms with Crippen molar-refractivity contribution in [3.8, 4) is 0 Å². The molecule has 1 atom stereocenters. The van der Waals surface area contributed by atoms with Gasteiger partial charge in [0.15, 0.2) is 9.84 Å². The van der Waals surface area contributed by atoms with Crippen molar-refractivity contribution in [2.24, 2.45) is 5.73 Å². The Bertz CT molecular complexity index is 494. The molecule has 1 aromatic rings. The summed E-state index contributed by atoms with van der Waals surface area (Å²) in [5.41, 5.74) is 8.20. The Kier molecular flexibility index (Phi) is 3.72. The van der Waals surface area contributed by atoms with Gasteiger partial charge >= 0.3 is 0 Å². The molecule has 0 aromatic heterocycles. The lowest BCUT2D eigenvalue weighted by molar-refractivity contribution is 0.267. The van der Waals surface area contributed by atoms with Crippen LogP contribution in [0.25, 0.3) is 0 Å². The number of rotatable bonds is 3. The number of nitrogens with two attached hydrogens (primary N) is 1. The van der Waals surface area contributed by atoms with Crippen molar-refractivity contribution >= 4 is 9.84 Å². The summed E-state index contributed by atoms with van der Waals surface area (Å²) >= 11 is 0. The molecule has 0 aliphatic carbocycles. The molecule has 0 fully saturated rings. The van der Waals surface area contributed by atoms with E-state index in [2.05, 4.69) is 0 Å². The van der Waals surface area contributed by atoms with E-state index in [9.17, 15) is 8.42 Å². The number of aliphatic hydroxyl groups excluding tert-OH is 1. The van der Waals surface area contributed by atoms with E-state index in [0.717, 1.165) is 17.4 Å². The molecule has 4 nitrogen and oxygen atoms in total. The Balaban J connectivity index is 3.45. The van der Waals surface area contributed by atoms with E-state index in [1.54, 1.807) is 12.1 Å². The number of hydrogen-bond donors (Lipinski definition) is 2. The first kappa shape index (κ1) is 13.2. The van der Waals surface area contributed by atoms with Crippen LogP contribution in [-0.2, 0) is 9.84 Å². The average molecular weight is 243 g/mol. The third-order valence-corrected chi connectivity index (χ3v) is 3.80. The van der Waals surface area contributed by atoms with Crippen LogP contribution in [-0.4, -0.2) is 26.4 Å². The van der Waals surface area contributed by atoms with Crippen LogP contribution in [0.4, 0.5) is 0 Å². The van der Waals surface area contributed by atoms with Gasteiger partial charge in [0.25, 0.3) is 0 Å². The van der Waals surface area contributed by atoms with Crippen LogP contribution in [0.15, 0.2) is 17.0 Å². The molecule has 0 bridgehead atoms. The van der Waals surface area contributed by atoms with Crippen LogP contribution in [0, 0.1) is 13.8 Å². The summed E-state index contributed by atoms with van der Waals surface area (Å²) in [7, 11) is -3.24. The van der Waals surface area contributed by atoms with Crippen LogP contribution in [0.3, 0.4) is 0 Å². The van der Waals surface area contributed by atoms with Crippen LogP contribution in [0.1, 0.15) is 22.7 Å². The maximum Gasteiger partial charge on any atom is 0.175 e. The van der Waals surface area contributed by atoms with Crippen LogP contribution in [0.5, 0.6) is 0 Å². The third kappa shape index (κ3) is 2.61. The molecule has 1 unspecified atom stereocenters. The molecule has 3 N–H and O–H groups in total. The first-order chi connectivity index (χ1) is 7.27. The second-order valence-electron chi connectivity index (χ2n) is 4.02. The Morgan fingerprint density at radius 1 is 1.38 bits per heavy atom. The minimum atomic E-state index is -3.24. The summed E-state index contributed by atoms with van der Waals surface area (Å²) in [5.74, 6) is 0. The Morgan fingerprint density at radius 2 is 1.94 bits per heavy atom. The van der Waals surface area contributed by atoms with E-state index in [-0.39, 0.29) is 11.5 Å². The van der Waals surface area contributed by atoms with Gasteiger partial charge in [-0.15, -0.1) is 0 Å². The van der Waals surface area contributed by atoms with Gasteiger partial charge in [-0.2, -0.15) is 0 Å². The van der Waals surface area contributed by atoms with Gasteiger partial charge in [0.05, 0.1) is 17.5 Å². The molecule has 1 rings (SSSR count). The number of aryl methyl sites for hydroxylation is 1. The van der Waals surface area contributed by atoms with E-state index in [0.29, 0.717) is 5.56 Å². The summed E-state index contributed by atoms with van der Waals surface area (Å²) in [5, 5.41) is 9.02. The summed E-state index contributed by atoms with van der Waals surface area (Å²) in [6.07, 6.45) is 1.16. The zero-order chi connectivity index (χ0) is 12.5. The SMILES string of the molecule is Cc1cc(S(C)(=O)=O)cc(C(N)CO)c1C. The predicted molar refractivity (Wildman–Crippen MR) is 63.0 cm³/mol. The summed E-state index contributed by atoms with van der Waals surface area (Å²) in [4.78, 5) is 0.245. The van der Waals surface area contributed by atoms with Crippen molar-refractivity contribution in [3.63, 3.8) is 0 Å². The Morgan fingerprint density at radius 3 is 2.38 bits per heavy atom. The standard InChI is InChI=1S/C11H17NO3S/c1-7-4-9(16(3,14)15)5-10(8(7)2)11(12)6-13/h4-5,11,13H,6,12H2,1-3H3. The van der Waals surface area contributed by atoms with Crippen molar-refractivity contribution in [1.82, 2.24) is 0 Å². The molecule has 0 radical (unpaired) electrons. The van der Waals surface area contributed by atoms with Gasteiger partial charge in [-0.1, -0.05) is 0 Å². The number of hydrogen-bond acceptors (Lipinski definition) is 4. The summed E-state index contributed by atoms with van der Waals surface area (Å²) in [6.45, 7) is 3.50. The highest BCUT2D eigenvalue weighted by Crippen LogP contribution is 2.23. The monoisotopic (exact) mass is 243 g/mol. The highest BCUT2D eigenvalue weighted by molar-refractivity contribution is 7.90. The van der Waals surface area contributed by atoms with Gasteiger partial charge in [0.2, 0.25) is 0 Å². The third-order valence-electron chi connectivity index (χ3n) is 2.71. The van der Waals surface area contributed by atoms with E-state index in [1.807, 2.05) is 13.8 Å². The Labute approximate surface area is 96.0 Å². The summed E-state index contributed by atoms with van der Waals surface area (Å²) in [6, 6.07) is 2.62. The molecule has 0 saturated carbocycles. The molecule has 0 heterocycles. The van der Waals surface area contributed by atoms with Crippen molar-refractivity contribution in [1.29, 1.82) is 0 Å². The molecule has 16 heavy (non-hydrogen) atoms. The minimum absolute atomic E-state index is 0.201. The lowest BCUT2D eigenvalue weighted by atomic mass is 9.98. The highest BCUT2D eigenvalue weighted by atomic mass is 32.2. The molecule has 0 aliphatic rings. The number of benzene rings is 1. The zero-order valence-corrected chi connectivity index (χ0v) is 10.5. The second-order valence-corrected chi connectivity index (χ2v) is 6.03. The van der Waals surface area contributed by atoms with Crippen molar-refractivity contribution in [3.05, 3.63) is 28.8 Å². The van der Waals surface area contributed by atoms with Crippen LogP contribution >= 0.6 is 0 Å². The lowest BCUT2D eigenvalue weighted by Crippen LogP contribution is -2.17. The van der Waals surface area contributed by atoms with Crippen LogP contribution in [0.2, 0.25) is 0 Å². The van der Waals surface area contributed by atoms with Gasteiger partial charge in [-0.25, -0.2) is 8.42 Å². The van der Waals surface area contributed by atoms with Gasteiger partial charge in [0, 0.05) is 6.26 Å². The van der Waals surface area contributed by atoms with Gasteiger partial charge in [-0.05, 0) is 42.7 Å². The molecule has 0 aliphatic heterocycles. The number of aliphatic hydroxyl groups is 1. The van der Waals surface area contributed by atoms with Crippen LogP contribution < -0.4 is 5.73 Å². The fraction of sp³-hybridized carbons (Fsp3) is 0.455. The molecule has 5 heteroatoms. The van der Waals surface area contributed by atoms with E-state index in [4.69, 9.17) is 10.8 Å². The highest BCUT2D eigenvalue weighted by Gasteiger charge is 2.15. The zero-order valence-electron chi connectivity index (χ0n) is 9.69. The molecular weight excluding hydrogens is 226 g/mol. The Hall–Kier alpha value is -0.910. The quantitative estimate of drug-likeness (QED) is 0.819. The maximum atomic E-state index is 11.5. The van der Waals surface area contributed by atoms with Crippen molar-refractivity contribution in [2.75, 3.05) is 12.9 Å². The van der Waals surface area contributed by atoms with Crippen molar-refractivity contribution in [2.45, 2.75) is 24.8 Å². The molecule has 0 saturated heterocycles. The lowest BCUT2D eigenvalue weighted by Gasteiger charge is -2.15. The first-order valence-corrected chi connectivity index (χ1v) is 6.84. The maximum absolute atomic E-state index is 11.5. The predicted octanol–water partition coefficient (Wildman–Crippen LogP) is 0.699. The van der Waals surface area contributed by atoms with Gasteiger partial charge in [0.1, 0.15) is 0 Å².